The number of ether oxygens (including phenoxy) is 1. The van der Waals surface area contributed by atoms with Gasteiger partial charge in [-0.2, -0.15) is 0 Å². The van der Waals surface area contributed by atoms with Crippen molar-refractivity contribution in [2.24, 2.45) is 5.92 Å². The Morgan fingerprint density at radius 2 is 1.95 bits per heavy atom. The second-order valence-electron chi connectivity index (χ2n) is 5.68. The van der Waals surface area contributed by atoms with Crippen LogP contribution in [-0.2, 0) is 11.3 Å². The van der Waals surface area contributed by atoms with Gasteiger partial charge in [0.1, 0.15) is 18.2 Å². The van der Waals surface area contributed by atoms with Crippen molar-refractivity contribution in [3.05, 3.63) is 11.9 Å². The molecule has 0 amide bonds. The maximum atomic E-state index is 5.85. The maximum absolute atomic E-state index is 5.85. The monoisotopic (exact) mass is 279 g/mol. The Bertz CT molecular complexity index is 430. The van der Waals surface area contributed by atoms with Crippen LogP contribution in [0.5, 0.6) is 0 Å². The quantitative estimate of drug-likeness (QED) is 0.867. The average Bonchev–Trinajstić information content (AvgIpc) is 2.38. The molecule has 1 saturated heterocycles. The molecule has 1 fully saturated rings. The van der Waals surface area contributed by atoms with Gasteiger partial charge in [-0.1, -0.05) is 13.8 Å². The van der Waals surface area contributed by atoms with Crippen molar-refractivity contribution in [1.82, 2.24) is 14.9 Å². The zero-order chi connectivity index (χ0) is 14.5. The number of hydrogen-bond donors (Lipinski definition) is 1. The minimum atomic E-state index is 0.394. The lowest BCUT2D eigenvalue weighted by atomic mass is 10.2. The van der Waals surface area contributed by atoms with Crippen LogP contribution < -0.4 is 10.6 Å². The molecule has 1 aromatic heterocycles. The van der Waals surface area contributed by atoms with Gasteiger partial charge in [-0.15, -0.1) is 0 Å². The molecule has 0 aromatic carbocycles. The van der Waals surface area contributed by atoms with E-state index in [9.17, 15) is 0 Å². The highest BCUT2D eigenvalue weighted by Gasteiger charge is 2.19. The first-order valence-electron chi connectivity index (χ1n) is 7.18. The molecule has 20 heavy (non-hydrogen) atoms. The molecule has 0 atom stereocenters. The fourth-order valence-electron chi connectivity index (χ4n) is 2.53. The lowest BCUT2D eigenvalue weighted by Gasteiger charge is -2.36. The Hall–Kier alpha value is -1.40. The molecular weight excluding hydrogens is 254 g/mol. The van der Waals surface area contributed by atoms with E-state index in [4.69, 9.17) is 10.5 Å². The van der Waals surface area contributed by atoms with Crippen LogP contribution in [0.25, 0.3) is 0 Å². The number of piperazine rings is 1. The number of nitrogen functional groups attached to an aromatic ring is 1. The summed E-state index contributed by atoms with van der Waals surface area (Å²) in [4.78, 5) is 13.5. The third kappa shape index (κ3) is 4.05. The molecule has 1 aliphatic heterocycles. The Morgan fingerprint density at radius 3 is 2.55 bits per heavy atom. The van der Waals surface area contributed by atoms with Gasteiger partial charge in [0.05, 0.1) is 0 Å². The van der Waals surface area contributed by atoms with Gasteiger partial charge in [-0.25, -0.2) is 9.97 Å². The molecule has 112 valence electrons. The van der Waals surface area contributed by atoms with Crippen molar-refractivity contribution in [3.63, 3.8) is 0 Å². The first-order chi connectivity index (χ1) is 9.58. The van der Waals surface area contributed by atoms with Gasteiger partial charge in [0.25, 0.3) is 0 Å². The van der Waals surface area contributed by atoms with Gasteiger partial charge in [0.15, 0.2) is 5.82 Å². The van der Waals surface area contributed by atoms with E-state index in [2.05, 4.69) is 33.6 Å². The van der Waals surface area contributed by atoms with Gasteiger partial charge in [-0.05, 0) is 5.92 Å². The van der Waals surface area contributed by atoms with E-state index in [1.54, 1.807) is 7.11 Å². The van der Waals surface area contributed by atoms with Crippen molar-refractivity contribution >= 4 is 11.6 Å². The number of aromatic nitrogens is 2. The summed E-state index contributed by atoms with van der Waals surface area (Å²) >= 11 is 0. The summed E-state index contributed by atoms with van der Waals surface area (Å²) in [5, 5.41) is 0. The van der Waals surface area contributed by atoms with Crippen molar-refractivity contribution in [1.29, 1.82) is 0 Å². The maximum Gasteiger partial charge on any atom is 0.158 e. The van der Waals surface area contributed by atoms with E-state index in [1.807, 2.05) is 6.07 Å². The van der Waals surface area contributed by atoms with Crippen molar-refractivity contribution in [3.8, 4) is 0 Å². The zero-order valence-electron chi connectivity index (χ0n) is 12.7. The topological polar surface area (TPSA) is 67.5 Å². The number of hydrogen-bond acceptors (Lipinski definition) is 6. The molecule has 6 nitrogen and oxygen atoms in total. The molecule has 2 heterocycles. The molecule has 2 N–H and O–H groups in total. The summed E-state index contributed by atoms with van der Waals surface area (Å²) in [6, 6.07) is 1.84. The van der Waals surface area contributed by atoms with Gasteiger partial charge in [0.2, 0.25) is 0 Å². The third-order valence-corrected chi connectivity index (χ3v) is 3.37. The molecule has 0 saturated carbocycles. The minimum Gasteiger partial charge on any atom is -0.384 e. The van der Waals surface area contributed by atoms with E-state index < -0.39 is 0 Å². The van der Waals surface area contributed by atoms with Crippen LogP contribution in [-0.4, -0.2) is 54.7 Å². The predicted octanol–water partition coefficient (Wildman–Crippen LogP) is 0.983. The van der Waals surface area contributed by atoms with Crippen LogP contribution in [0.15, 0.2) is 6.07 Å². The molecule has 6 heteroatoms. The summed E-state index contributed by atoms with van der Waals surface area (Å²) in [5.74, 6) is 2.78. The number of anilines is 2. The van der Waals surface area contributed by atoms with Crippen LogP contribution in [0.3, 0.4) is 0 Å². The molecule has 2 rings (SSSR count). The molecule has 1 aromatic rings. The molecule has 0 radical (unpaired) electrons. The Kier molecular flexibility index (Phi) is 5.14. The van der Waals surface area contributed by atoms with Crippen LogP contribution >= 0.6 is 0 Å². The van der Waals surface area contributed by atoms with Crippen LogP contribution in [0.4, 0.5) is 11.6 Å². The minimum absolute atomic E-state index is 0.394. The molecule has 0 bridgehead atoms. The molecule has 0 unspecified atom stereocenters. The summed E-state index contributed by atoms with van der Waals surface area (Å²) in [7, 11) is 1.64. The lowest BCUT2D eigenvalue weighted by molar-refractivity contribution is 0.178. The predicted molar refractivity (Wildman–Crippen MR) is 80.6 cm³/mol. The van der Waals surface area contributed by atoms with Crippen molar-refractivity contribution in [2.75, 3.05) is 50.5 Å². The molecule has 0 spiro atoms. The lowest BCUT2D eigenvalue weighted by Crippen LogP contribution is -2.47. The molecular formula is C14H25N5O. The number of methoxy groups -OCH3 is 1. The summed E-state index contributed by atoms with van der Waals surface area (Å²) in [6.45, 7) is 10.2. The SMILES string of the molecule is COCc1nc(N)cc(N2CCN(CC(C)C)CC2)n1. The number of rotatable bonds is 5. The molecule has 0 aliphatic carbocycles. The summed E-state index contributed by atoms with van der Waals surface area (Å²) in [5.41, 5.74) is 5.85. The van der Waals surface area contributed by atoms with Gasteiger partial charge < -0.3 is 15.4 Å². The standard InChI is InChI=1S/C14H25N5O/c1-11(2)9-18-4-6-19(7-5-18)14-8-12(15)16-13(17-14)10-20-3/h8,11H,4-7,9-10H2,1-3H3,(H2,15,16,17). The summed E-state index contributed by atoms with van der Waals surface area (Å²) in [6.07, 6.45) is 0. The fourth-order valence-corrected chi connectivity index (χ4v) is 2.53. The van der Waals surface area contributed by atoms with Gasteiger partial charge >= 0.3 is 0 Å². The Morgan fingerprint density at radius 1 is 1.25 bits per heavy atom. The zero-order valence-corrected chi connectivity index (χ0v) is 12.7. The third-order valence-electron chi connectivity index (χ3n) is 3.37. The van der Waals surface area contributed by atoms with Crippen LogP contribution in [0, 0.1) is 5.92 Å². The average molecular weight is 279 g/mol. The molecule has 1 aliphatic rings. The second-order valence-corrected chi connectivity index (χ2v) is 5.68. The Labute approximate surface area is 120 Å². The van der Waals surface area contributed by atoms with Crippen LogP contribution in [0.1, 0.15) is 19.7 Å². The number of nitrogens with zero attached hydrogens (tertiary/aromatic N) is 4. The van der Waals surface area contributed by atoms with E-state index in [-0.39, 0.29) is 0 Å². The number of nitrogens with two attached hydrogens (primary N) is 1. The van der Waals surface area contributed by atoms with E-state index in [1.165, 1.54) is 0 Å². The highest BCUT2D eigenvalue weighted by molar-refractivity contribution is 5.47. The smallest absolute Gasteiger partial charge is 0.158 e. The Balaban J connectivity index is 1.99. The van der Waals surface area contributed by atoms with E-state index in [0.717, 1.165) is 38.5 Å². The van der Waals surface area contributed by atoms with E-state index >= 15 is 0 Å². The van der Waals surface area contributed by atoms with Crippen LogP contribution in [0.2, 0.25) is 0 Å². The first-order valence-corrected chi connectivity index (χ1v) is 7.18. The highest BCUT2D eigenvalue weighted by atomic mass is 16.5. The van der Waals surface area contributed by atoms with Crippen molar-refractivity contribution < 1.29 is 4.74 Å². The normalized spacial score (nSPS) is 16.9. The van der Waals surface area contributed by atoms with Gasteiger partial charge in [0, 0.05) is 45.9 Å². The fraction of sp³-hybridized carbons (Fsp3) is 0.714. The van der Waals surface area contributed by atoms with Gasteiger partial charge in [-0.3, -0.25) is 4.90 Å². The van der Waals surface area contributed by atoms with E-state index in [0.29, 0.717) is 24.2 Å². The largest absolute Gasteiger partial charge is 0.384 e. The summed E-state index contributed by atoms with van der Waals surface area (Å²) < 4.78 is 5.08. The highest BCUT2D eigenvalue weighted by Crippen LogP contribution is 2.17. The second kappa shape index (κ2) is 6.85. The van der Waals surface area contributed by atoms with Crippen molar-refractivity contribution in [2.45, 2.75) is 20.5 Å². The first kappa shape index (κ1) is 15.0.